The molecule has 2 heterocycles. The summed E-state index contributed by atoms with van der Waals surface area (Å²) in [4.78, 5) is -0.0368. The second-order valence-electron chi connectivity index (χ2n) is 7.69. The van der Waals surface area contributed by atoms with E-state index >= 15 is 0 Å². The topological polar surface area (TPSA) is 99.1 Å². The summed E-state index contributed by atoms with van der Waals surface area (Å²) in [6.45, 7) is 9.02. The van der Waals surface area contributed by atoms with Crippen molar-refractivity contribution < 1.29 is 21.7 Å². The van der Waals surface area contributed by atoms with E-state index in [0.29, 0.717) is 0 Å². The Kier molecular flexibility index (Phi) is 4.91. The van der Waals surface area contributed by atoms with Gasteiger partial charge in [-0.05, 0) is 44.5 Å². The zero-order valence-electron chi connectivity index (χ0n) is 16.4. The first-order valence-electron chi connectivity index (χ1n) is 8.81. The van der Waals surface area contributed by atoms with Gasteiger partial charge in [0, 0.05) is 11.5 Å². The number of halogens is 1. The highest BCUT2D eigenvalue weighted by molar-refractivity contribution is 7.92. The SMILES string of the molecule is CCC(C)(C)c1cc(-c2nnc(C(C)(C)S(=O)(=O)c3ccc(F)cc3)o2)on1. The van der Waals surface area contributed by atoms with Crippen molar-refractivity contribution in [3.05, 3.63) is 47.7 Å². The number of nitrogens with zero attached hydrogens (tertiary/aromatic N) is 3. The van der Waals surface area contributed by atoms with Crippen LogP contribution < -0.4 is 0 Å². The molecular formula is C19H22FN3O4S. The Hall–Kier alpha value is -2.55. The van der Waals surface area contributed by atoms with Gasteiger partial charge in [0.05, 0.1) is 10.6 Å². The molecule has 0 bridgehead atoms. The van der Waals surface area contributed by atoms with E-state index in [1.165, 1.54) is 26.0 Å². The van der Waals surface area contributed by atoms with Gasteiger partial charge >= 0.3 is 0 Å². The lowest BCUT2D eigenvalue weighted by molar-refractivity contribution is 0.374. The van der Waals surface area contributed by atoms with E-state index in [0.717, 1.165) is 24.2 Å². The normalized spacial score (nSPS) is 13.1. The third kappa shape index (κ3) is 3.34. The summed E-state index contributed by atoms with van der Waals surface area (Å²) >= 11 is 0. The van der Waals surface area contributed by atoms with E-state index in [1.54, 1.807) is 6.07 Å². The minimum atomic E-state index is -3.91. The Bertz CT molecular complexity index is 1080. The van der Waals surface area contributed by atoms with E-state index in [-0.39, 0.29) is 27.9 Å². The summed E-state index contributed by atoms with van der Waals surface area (Å²) in [6, 6.07) is 6.31. The second kappa shape index (κ2) is 6.80. The molecule has 0 atom stereocenters. The van der Waals surface area contributed by atoms with E-state index in [9.17, 15) is 12.8 Å². The maximum absolute atomic E-state index is 13.1. The molecule has 150 valence electrons. The Labute approximate surface area is 162 Å². The molecule has 0 aliphatic carbocycles. The van der Waals surface area contributed by atoms with Crippen LogP contribution in [0.15, 0.2) is 44.2 Å². The lowest BCUT2D eigenvalue weighted by Crippen LogP contribution is -2.29. The average molecular weight is 407 g/mol. The fourth-order valence-corrected chi connectivity index (χ4v) is 3.86. The standard InChI is InChI=1S/C19H22FN3O4S/c1-6-18(2,3)15-11-14(27-23-15)16-21-22-17(26-16)19(4,5)28(24,25)13-9-7-12(20)8-10-13/h7-11H,6H2,1-5H3. The van der Waals surface area contributed by atoms with Gasteiger partial charge in [0.2, 0.25) is 11.7 Å². The average Bonchev–Trinajstić information content (AvgIpc) is 3.31. The molecule has 0 saturated heterocycles. The van der Waals surface area contributed by atoms with Crippen LogP contribution in [0.2, 0.25) is 0 Å². The van der Waals surface area contributed by atoms with Crippen molar-refractivity contribution in [2.24, 2.45) is 0 Å². The molecule has 0 radical (unpaired) electrons. The van der Waals surface area contributed by atoms with Crippen molar-refractivity contribution >= 4 is 9.84 Å². The molecule has 0 aliphatic rings. The highest BCUT2D eigenvalue weighted by Gasteiger charge is 2.42. The highest BCUT2D eigenvalue weighted by atomic mass is 32.2. The Morgan fingerprint density at radius 2 is 1.71 bits per heavy atom. The van der Waals surface area contributed by atoms with Crippen molar-refractivity contribution in [3.63, 3.8) is 0 Å². The fourth-order valence-electron chi connectivity index (χ4n) is 2.47. The van der Waals surface area contributed by atoms with Crippen LogP contribution in [0.25, 0.3) is 11.7 Å². The van der Waals surface area contributed by atoms with Gasteiger partial charge in [-0.2, -0.15) is 0 Å². The summed E-state index contributed by atoms with van der Waals surface area (Å²) in [6.07, 6.45) is 0.858. The minimum Gasteiger partial charge on any atom is -0.416 e. The lowest BCUT2D eigenvalue weighted by atomic mass is 9.86. The number of sulfone groups is 1. The molecule has 1 aromatic carbocycles. The summed E-state index contributed by atoms with van der Waals surface area (Å²) < 4.78 is 48.5. The smallest absolute Gasteiger partial charge is 0.286 e. The molecule has 0 saturated carbocycles. The zero-order valence-corrected chi connectivity index (χ0v) is 17.2. The molecule has 0 N–H and O–H groups in total. The van der Waals surface area contributed by atoms with E-state index < -0.39 is 20.4 Å². The zero-order chi connectivity index (χ0) is 20.7. The van der Waals surface area contributed by atoms with Crippen LogP contribution in [-0.4, -0.2) is 23.8 Å². The van der Waals surface area contributed by atoms with Crippen LogP contribution in [0.5, 0.6) is 0 Å². The molecular weight excluding hydrogens is 385 g/mol. The van der Waals surface area contributed by atoms with Crippen LogP contribution in [0.1, 0.15) is 52.6 Å². The van der Waals surface area contributed by atoms with Crippen molar-refractivity contribution in [2.45, 2.75) is 56.1 Å². The number of hydrogen-bond acceptors (Lipinski definition) is 7. The van der Waals surface area contributed by atoms with Crippen molar-refractivity contribution in [2.75, 3.05) is 0 Å². The summed E-state index contributed by atoms with van der Waals surface area (Å²) in [5.74, 6) is -0.305. The molecule has 0 spiro atoms. The first-order chi connectivity index (χ1) is 13.0. The van der Waals surface area contributed by atoms with Crippen LogP contribution in [0.4, 0.5) is 4.39 Å². The lowest BCUT2D eigenvalue weighted by Gasteiger charge is -2.20. The Morgan fingerprint density at radius 3 is 2.32 bits per heavy atom. The van der Waals surface area contributed by atoms with Gasteiger partial charge in [-0.15, -0.1) is 10.2 Å². The Balaban J connectivity index is 1.95. The monoisotopic (exact) mass is 407 g/mol. The van der Waals surface area contributed by atoms with Crippen LogP contribution in [-0.2, 0) is 20.0 Å². The third-order valence-corrected chi connectivity index (χ3v) is 7.45. The van der Waals surface area contributed by atoms with Gasteiger partial charge in [-0.3, -0.25) is 0 Å². The molecule has 0 aliphatic heterocycles. The van der Waals surface area contributed by atoms with Crippen LogP contribution >= 0.6 is 0 Å². The third-order valence-electron chi connectivity index (χ3n) is 5.03. The van der Waals surface area contributed by atoms with Gasteiger partial charge in [0.25, 0.3) is 5.89 Å². The van der Waals surface area contributed by atoms with Gasteiger partial charge in [-0.25, -0.2) is 12.8 Å². The largest absolute Gasteiger partial charge is 0.416 e. The maximum Gasteiger partial charge on any atom is 0.286 e. The first-order valence-corrected chi connectivity index (χ1v) is 10.3. The molecule has 0 amide bonds. The number of aromatic nitrogens is 3. The molecule has 2 aromatic heterocycles. The van der Waals surface area contributed by atoms with E-state index in [2.05, 4.69) is 15.4 Å². The van der Waals surface area contributed by atoms with E-state index in [1.807, 2.05) is 20.8 Å². The summed E-state index contributed by atoms with van der Waals surface area (Å²) in [5, 5.41) is 11.9. The van der Waals surface area contributed by atoms with E-state index in [4.69, 9.17) is 8.94 Å². The molecule has 28 heavy (non-hydrogen) atoms. The molecule has 0 unspecified atom stereocenters. The predicted octanol–water partition coefficient (Wildman–Crippen LogP) is 4.26. The molecule has 0 fully saturated rings. The fraction of sp³-hybridized carbons (Fsp3) is 0.421. The van der Waals surface area contributed by atoms with Crippen molar-refractivity contribution in [3.8, 4) is 11.7 Å². The maximum atomic E-state index is 13.1. The van der Waals surface area contributed by atoms with Gasteiger partial charge < -0.3 is 8.94 Å². The van der Waals surface area contributed by atoms with Crippen molar-refractivity contribution in [1.29, 1.82) is 0 Å². The Morgan fingerprint density at radius 1 is 1.07 bits per heavy atom. The van der Waals surface area contributed by atoms with Crippen molar-refractivity contribution in [1.82, 2.24) is 15.4 Å². The van der Waals surface area contributed by atoms with Crippen LogP contribution in [0.3, 0.4) is 0 Å². The van der Waals surface area contributed by atoms with Gasteiger partial charge in [-0.1, -0.05) is 25.9 Å². The highest BCUT2D eigenvalue weighted by Crippen LogP contribution is 2.36. The van der Waals surface area contributed by atoms with Crippen LogP contribution in [0, 0.1) is 5.82 Å². The molecule has 3 rings (SSSR count). The number of hydrogen-bond donors (Lipinski definition) is 0. The quantitative estimate of drug-likeness (QED) is 0.563. The molecule has 9 heteroatoms. The number of benzene rings is 1. The number of rotatable bonds is 6. The van der Waals surface area contributed by atoms with Gasteiger partial charge in [0.1, 0.15) is 10.6 Å². The summed E-state index contributed by atoms with van der Waals surface area (Å²) in [7, 11) is -3.91. The minimum absolute atomic E-state index is 0.0368. The molecule has 3 aromatic rings. The second-order valence-corrected chi connectivity index (χ2v) is 10.2. The molecule has 7 nitrogen and oxygen atoms in total. The summed E-state index contributed by atoms with van der Waals surface area (Å²) in [5.41, 5.74) is 0.554. The first kappa shape index (κ1) is 20.2. The van der Waals surface area contributed by atoms with Gasteiger partial charge in [0.15, 0.2) is 9.84 Å². The predicted molar refractivity (Wildman–Crippen MR) is 99.7 cm³/mol.